The molecule has 17 heavy (non-hydrogen) atoms. The summed E-state index contributed by atoms with van der Waals surface area (Å²) in [5.41, 5.74) is 5.09. The summed E-state index contributed by atoms with van der Waals surface area (Å²) in [4.78, 5) is 16.8. The van der Waals surface area contributed by atoms with E-state index in [1.54, 1.807) is 18.2 Å². The number of nitrogen functional groups attached to an aromatic ring is 1. The number of anilines is 1. The third kappa shape index (κ3) is 5.21. The molecule has 3 N–H and O–H groups in total. The summed E-state index contributed by atoms with van der Waals surface area (Å²) in [6.07, 6.45) is 2.95. The summed E-state index contributed by atoms with van der Waals surface area (Å²) in [5, 5.41) is 1.13. The van der Waals surface area contributed by atoms with Gasteiger partial charge in [0.1, 0.15) is 5.82 Å². The van der Waals surface area contributed by atoms with E-state index < -0.39 is 0 Å². The van der Waals surface area contributed by atoms with E-state index in [9.17, 15) is 4.79 Å². The second-order valence-electron chi connectivity index (χ2n) is 2.90. The number of nitrogens with zero attached hydrogens (tertiary/aromatic N) is 1. The van der Waals surface area contributed by atoms with E-state index in [2.05, 4.69) is 25.9 Å². The molecule has 0 radical (unpaired) electrons. The zero-order valence-electron chi connectivity index (χ0n) is 8.45. The van der Waals surface area contributed by atoms with Crippen LogP contribution in [0.3, 0.4) is 0 Å². The van der Waals surface area contributed by atoms with E-state index in [-0.39, 0.29) is 5.56 Å². The number of H-pyrrole nitrogens is 1. The number of pyridine rings is 2. The van der Waals surface area contributed by atoms with Gasteiger partial charge in [0.05, 0.1) is 14.5 Å². The van der Waals surface area contributed by atoms with Crippen molar-refractivity contribution in [1.29, 1.82) is 0 Å². The van der Waals surface area contributed by atoms with E-state index in [1.165, 1.54) is 12.4 Å². The monoisotopic (exact) mass is 335 g/mol. The molecule has 4 nitrogen and oxygen atoms in total. The van der Waals surface area contributed by atoms with Gasteiger partial charge in [-0.2, -0.15) is 0 Å². The standard InChI is InChI=1S/C5H3BrClNO.C5H5ClN2/c6-4-1-3(7)2-8-5(4)9;6-4-1-2-5(7)8-3-4/h1-2H,(H,8,9);1-3H,(H2,7,8). The largest absolute Gasteiger partial charge is 0.384 e. The van der Waals surface area contributed by atoms with Gasteiger partial charge in [0.15, 0.2) is 0 Å². The molecular formula is C10H8BrCl2N3O. The number of aromatic nitrogens is 2. The van der Waals surface area contributed by atoms with Crippen LogP contribution in [0.1, 0.15) is 0 Å². The summed E-state index contributed by atoms with van der Waals surface area (Å²) in [6, 6.07) is 4.90. The summed E-state index contributed by atoms with van der Waals surface area (Å²) in [7, 11) is 0. The molecule has 2 heterocycles. The highest BCUT2D eigenvalue weighted by atomic mass is 79.9. The number of nitrogens with two attached hydrogens (primary N) is 1. The first-order valence-corrected chi connectivity index (χ1v) is 5.94. The number of halogens is 3. The molecule has 7 heteroatoms. The Kier molecular flexibility index (Phi) is 5.47. The van der Waals surface area contributed by atoms with Gasteiger partial charge in [0, 0.05) is 12.4 Å². The number of hydrogen-bond donors (Lipinski definition) is 2. The average Bonchev–Trinajstić information content (AvgIpc) is 2.29. The molecule has 2 aromatic rings. The molecule has 2 aromatic heterocycles. The van der Waals surface area contributed by atoms with Gasteiger partial charge in [-0.3, -0.25) is 4.79 Å². The molecule has 0 saturated heterocycles. The van der Waals surface area contributed by atoms with Crippen molar-refractivity contribution in [3.8, 4) is 0 Å². The van der Waals surface area contributed by atoms with Crippen molar-refractivity contribution in [2.24, 2.45) is 0 Å². The second kappa shape index (κ2) is 6.64. The first-order valence-electron chi connectivity index (χ1n) is 4.40. The summed E-state index contributed by atoms with van der Waals surface area (Å²) < 4.78 is 0.454. The maximum absolute atomic E-state index is 10.6. The van der Waals surface area contributed by atoms with Gasteiger partial charge in [0.25, 0.3) is 5.56 Å². The highest BCUT2D eigenvalue weighted by Gasteiger charge is 1.92. The van der Waals surface area contributed by atoms with Crippen LogP contribution in [0, 0.1) is 0 Å². The Hall–Kier alpha value is -1.04. The van der Waals surface area contributed by atoms with Crippen molar-refractivity contribution in [2.75, 3.05) is 5.73 Å². The van der Waals surface area contributed by atoms with Gasteiger partial charge in [-0.15, -0.1) is 0 Å². The average molecular weight is 337 g/mol. The lowest BCUT2D eigenvalue weighted by Crippen LogP contribution is -2.03. The third-order valence-electron chi connectivity index (χ3n) is 1.57. The minimum atomic E-state index is -0.167. The Balaban J connectivity index is 0.000000171. The lowest BCUT2D eigenvalue weighted by atomic mass is 10.5. The van der Waals surface area contributed by atoms with Crippen molar-refractivity contribution >= 4 is 44.9 Å². The normalized spacial score (nSPS) is 9.35. The molecule has 0 bridgehead atoms. The van der Waals surface area contributed by atoms with E-state index in [0.717, 1.165) is 0 Å². The molecule has 0 atom stereocenters. The van der Waals surface area contributed by atoms with E-state index in [0.29, 0.717) is 20.3 Å². The number of hydrogen-bond acceptors (Lipinski definition) is 3. The topological polar surface area (TPSA) is 71.8 Å². The predicted octanol–water partition coefficient (Wildman–Crippen LogP) is 3.11. The van der Waals surface area contributed by atoms with Crippen LogP contribution in [0.2, 0.25) is 10.0 Å². The van der Waals surface area contributed by atoms with Crippen LogP contribution < -0.4 is 11.3 Å². The maximum atomic E-state index is 10.6. The van der Waals surface area contributed by atoms with Gasteiger partial charge in [-0.25, -0.2) is 4.98 Å². The fourth-order valence-corrected chi connectivity index (χ4v) is 1.59. The van der Waals surface area contributed by atoms with Crippen molar-refractivity contribution < 1.29 is 0 Å². The molecule has 0 aliphatic carbocycles. The van der Waals surface area contributed by atoms with Gasteiger partial charge in [-0.1, -0.05) is 23.2 Å². The Morgan fingerprint density at radius 2 is 2.00 bits per heavy atom. The smallest absolute Gasteiger partial charge is 0.262 e. The van der Waals surface area contributed by atoms with Crippen LogP contribution in [0.5, 0.6) is 0 Å². The maximum Gasteiger partial charge on any atom is 0.262 e. The predicted molar refractivity (Wildman–Crippen MR) is 73.4 cm³/mol. The summed E-state index contributed by atoms with van der Waals surface area (Å²) >= 11 is 14.0. The van der Waals surface area contributed by atoms with Crippen LogP contribution in [0.15, 0.2) is 39.9 Å². The molecule has 2 rings (SSSR count). The summed E-state index contributed by atoms with van der Waals surface area (Å²) in [6.45, 7) is 0. The Bertz CT molecular complexity index is 521. The molecule has 0 fully saturated rings. The Labute approximate surface area is 116 Å². The van der Waals surface area contributed by atoms with Crippen molar-refractivity contribution in [2.45, 2.75) is 0 Å². The molecule has 0 saturated carbocycles. The van der Waals surface area contributed by atoms with E-state index in [1.807, 2.05) is 0 Å². The van der Waals surface area contributed by atoms with Crippen LogP contribution in [-0.2, 0) is 0 Å². The van der Waals surface area contributed by atoms with Gasteiger partial charge < -0.3 is 10.7 Å². The number of nitrogens with one attached hydrogen (secondary N) is 1. The first-order chi connectivity index (χ1) is 7.99. The van der Waals surface area contributed by atoms with E-state index in [4.69, 9.17) is 28.9 Å². The molecule has 0 aliphatic heterocycles. The molecule has 90 valence electrons. The minimum absolute atomic E-state index is 0.167. The van der Waals surface area contributed by atoms with Crippen LogP contribution in [-0.4, -0.2) is 9.97 Å². The Morgan fingerprint density at radius 3 is 2.41 bits per heavy atom. The SMILES string of the molecule is Nc1ccc(Cl)cn1.O=c1[nH]cc(Cl)cc1Br. The van der Waals surface area contributed by atoms with Crippen molar-refractivity contribution in [1.82, 2.24) is 9.97 Å². The summed E-state index contributed by atoms with van der Waals surface area (Å²) in [5.74, 6) is 0.495. The zero-order chi connectivity index (χ0) is 12.8. The highest BCUT2D eigenvalue weighted by Crippen LogP contribution is 2.09. The van der Waals surface area contributed by atoms with Crippen LogP contribution >= 0.6 is 39.1 Å². The van der Waals surface area contributed by atoms with Gasteiger partial charge >= 0.3 is 0 Å². The molecule has 0 spiro atoms. The Morgan fingerprint density at radius 1 is 1.29 bits per heavy atom. The minimum Gasteiger partial charge on any atom is -0.384 e. The lowest BCUT2D eigenvalue weighted by molar-refractivity contribution is 1.22. The van der Waals surface area contributed by atoms with Crippen molar-refractivity contribution in [3.63, 3.8) is 0 Å². The van der Waals surface area contributed by atoms with Crippen LogP contribution in [0.25, 0.3) is 0 Å². The third-order valence-corrected chi connectivity index (χ3v) is 2.60. The zero-order valence-corrected chi connectivity index (χ0v) is 11.6. The van der Waals surface area contributed by atoms with Gasteiger partial charge in [-0.05, 0) is 34.1 Å². The molecular weight excluding hydrogens is 329 g/mol. The second-order valence-corrected chi connectivity index (χ2v) is 4.62. The molecule has 0 aromatic carbocycles. The molecule has 0 unspecified atom stereocenters. The lowest BCUT2D eigenvalue weighted by Gasteiger charge is -1.87. The quantitative estimate of drug-likeness (QED) is 0.776. The van der Waals surface area contributed by atoms with Crippen molar-refractivity contribution in [3.05, 3.63) is 55.5 Å². The highest BCUT2D eigenvalue weighted by molar-refractivity contribution is 9.10. The van der Waals surface area contributed by atoms with Gasteiger partial charge in [0.2, 0.25) is 0 Å². The molecule has 0 aliphatic rings. The molecule has 0 amide bonds. The fourth-order valence-electron chi connectivity index (χ4n) is 0.819. The van der Waals surface area contributed by atoms with Crippen LogP contribution in [0.4, 0.5) is 5.82 Å². The first kappa shape index (κ1) is 14.0. The number of aromatic amines is 1. The number of rotatable bonds is 0. The van der Waals surface area contributed by atoms with E-state index >= 15 is 0 Å². The fraction of sp³-hybridized carbons (Fsp3) is 0.